The van der Waals surface area contributed by atoms with E-state index in [1.807, 2.05) is 54.6 Å². The number of thioether (sulfide) groups is 1. The molecule has 3 aromatic rings. The molecule has 0 aliphatic heterocycles. The SMILES string of the molecule is CC1(CSc2[nH]cc(-c3ccc(F)cc3)c2-c2ccncc2)CC1. The molecule has 1 aliphatic rings. The van der Waals surface area contributed by atoms with Crippen LogP contribution in [0.4, 0.5) is 4.39 Å². The number of rotatable bonds is 5. The molecule has 0 amide bonds. The predicted molar refractivity (Wildman–Crippen MR) is 97.5 cm³/mol. The van der Waals surface area contributed by atoms with E-state index in [1.54, 1.807) is 0 Å². The maximum absolute atomic E-state index is 13.3. The number of pyridine rings is 1. The van der Waals surface area contributed by atoms with E-state index in [9.17, 15) is 4.39 Å². The van der Waals surface area contributed by atoms with Crippen molar-refractivity contribution in [1.29, 1.82) is 0 Å². The summed E-state index contributed by atoms with van der Waals surface area (Å²) >= 11 is 1.88. The number of nitrogens with one attached hydrogen (secondary N) is 1. The predicted octanol–water partition coefficient (Wildman–Crippen LogP) is 5.78. The summed E-state index contributed by atoms with van der Waals surface area (Å²) in [7, 11) is 0. The van der Waals surface area contributed by atoms with E-state index in [0.29, 0.717) is 5.41 Å². The number of H-pyrrole nitrogens is 1. The van der Waals surface area contributed by atoms with E-state index in [2.05, 4.69) is 16.9 Å². The van der Waals surface area contributed by atoms with Crippen LogP contribution < -0.4 is 0 Å². The zero-order valence-electron chi connectivity index (χ0n) is 13.6. The summed E-state index contributed by atoms with van der Waals surface area (Å²) in [6, 6.07) is 10.7. The highest BCUT2D eigenvalue weighted by molar-refractivity contribution is 7.99. The van der Waals surface area contributed by atoms with E-state index in [-0.39, 0.29) is 5.82 Å². The van der Waals surface area contributed by atoms with Gasteiger partial charge in [-0.3, -0.25) is 4.98 Å². The van der Waals surface area contributed by atoms with E-state index in [0.717, 1.165) is 22.4 Å². The van der Waals surface area contributed by atoms with E-state index in [4.69, 9.17) is 0 Å². The lowest BCUT2D eigenvalue weighted by molar-refractivity contribution is 0.628. The molecule has 1 saturated carbocycles. The van der Waals surface area contributed by atoms with Gasteiger partial charge >= 0.3 is 0 Å². The summed E-state index contributed by atoms with van der Waals surface area (Å²) in [6.07, 6.45) is 8.29. The third kappa shape index (κ3) is 3.11. The van der Waals surface area contributed by atoms with Gasteiger partial charge in [-0.15, -0.1) is 11.8 Å². The lowest BCUT2D eigenvalue weighted by atomic mass is 10.00. The second kappa shape index (κ2) is 6.10. The maximum atomic E-state index is 13.3. The normalized spacial score (nSPS) is 15.4. The number of hydrogen-bond donors (Lipinski definition) is 1. The molecule has 0 unspecified atom stereocenters. The Kier molecular flexibility index (Phi) is 3.93. The van der Waals surface area contributed by atoms with Crippen molar-refractivity contribution in [1.82, 2.24) is 9.97 Å². The second-order valence-electron chi connectivity index (χ2n) is 6.75. The molecule has 1 fully saturated rings. The molecule has 0 saturated heterocycles. The van der Waals surface area contributed by atoms with Crippen LogP contribution in [-0.2, 0) is 0 Å². The lowest BCUT2D eigenvalue weighted by Gasteiger charge is -2.10. The van der Waals surface area contributed by atoms with Gasteiger partial charge in [0.1, 0.15) is 5.82 Å². The average Bonchev–Trinajstić information content (AvgIpc) is 3.19. The number of nitrogens with zero attached hydrogens (tertiary/aromatic N) is 1. The van der Waals surface area contributed by atoms with Crippen LogP contribution in [0.3, 0.4) is 0 Å². The van der Waals surface area contributed by atoms with Gasteiger partial charge in [0.2, 0.25) is 0 Å². The molecule has 2 heterocycles. The molecule has 122 valence electrons. The van der Waals surface area contributed by atoms with Crippen LogP contribution in [0.5, 0.6) is 0 Å². The van der Waals surface area contributed by atoms with Crippen LogP contribution in [-0.4, -0.2) is 15.7 Å². The van der Waals surface area contributed by atoms with Gasteiger partial charge in [0.15, 0.2) is 0 Å². The zero-order chi connectivity index (χ0) is 16.6. The number of hydrogen-bond acceptors (Lipinski definition) is 2. The van der Waals surface area contributed by atoms with Crippen LogP contribution in [0.2, 0.25) is 0 Å². The molecule has 4 heteroatoms. The van der Waals surface area contributed by atoms with Crippen molar-refractivity contribution in [3.05, 3.63) is 60.8 Å². The van der Waals surface area contributed by atoms with Gasteiger partial charge in [-0.1, -0.05) is 19.1 Å². The summed E-state index contributed by atoms with van der Waals surface area (Å²) in [5, 5.41) is 1.17. The second-order valence-corrected chi connectivity index (χ2v) is 7.73. The van der Waals surface area contributed by atoms with Crippen molar-refractivity contribution in [2.24, 2.45) is 5.41 Å². The van der Waals surface area contributed by atoms with E-state index < -0.39 is 0 Å². The highest BCUT2D eigenvalue weighted by Crippen LogP contribution is 2.50. The van der Waals surface area contributed by atoms with Crippen LogP contribution >= 0.6 is 11.8 Å². The fraction of sp³-hybridized carbons (Fsp3) is 0.250. The number of benzene rings is 1. The van der Waals surface area contributed by atoms with E-state index >= 15 is 0 Å². The van der Waals surface area contributed by atoms with Crippen molar-refractivity contribution in [2.45, 2.75) is 24.8 Å². The van der Waals surface area contributed by atoms with Crippen LogP contribution in [0.1, 0.15) is 19.8 Å². The van der Waals surface area contributed by atoms with Gasteiger partial charge in [0.05, 0.1) is 5.03 Å². The topological polar surface area (TPSA) is 28.7 Å². The Bertz CT molecular complexity index is 836. The van der Waals surface area contributed by atoms with E-state index in [1.165, 1.54) is 35.6 Å². The third-order valence-electron chi connectivity index (χ3n) is 4.64. The van der Waals surface area contributed by atoms with Crippen molar-refractivity contribution < 1.29 is 4.39 Å². The summed E-state index contributed by atoms with van der Waals surface area (Å²) < 4.78 is 13.3. The lowest BCUT2D eigenvalue weighted by Crippen LogP contribution is -1.96. The first-order valence-corrected chi connectivity index (χ1v) is 9.14. The van der Waals surface area contributed by atoms with Crippen molar-refractivity contribution in [3.8, 4) is 22.3 Å². The Labute approximate surface area is 145 Å². The highest BCUT2D eigenvalue weighted by atomic mass is 32.2. The van der Waals surface area contributed by atoms with Gasteiger partial charge in [-0.05, 0) is 53.6 Å². The largest absolute Gasteiger partial charge is 0.355 e. The Morgan fingerprint density at radius 1 is 1.08 bits per heavy atom. The Balaban J connectivity index is 1.75. The van der Waals surface area contributed by atoms with Gasteiger partial charge in [0.25, 0.3) is 0 Å². The molecule has 0 spiro atoms. The smallest absolute Gasteiger partial charge is 0.123 e. The Hall–Kier alpha value is -2.07. The number of halogens is 1. The molecule has 2 aromatic heterocycles. The van der Waals surface area contributed by atoms with Crippen molar-refractivity contribution in [3.63, 3.8) is 0 Å². The molecule has 1 aromatic carbocycles. The standard InChI is InChI=1S/C20H19FN2S/c1-20(8-9-20)13-24-19-18(15-6-10-22-11-7-15)17(12-23-19)14-2-4-16(21)5-3-14/h2-7,10-12,23H,8-9,13H2,1H3. The fourth-order valence-corrected chi connectivity index (χ4v) is 4.08. The molecule has 1 N–H and O–H groups in total. The monoisotopic (exact) mass is 338 g/mol. The molecule has 0 atom stereocenters. The molecule has 4 rings (SSSR count). The molecule has 0 radical (unpaired) electrons. The van der Waals surface area contributed by atoms with Gasteiger partial charge in [0, 0.05) is 35.5 Å². The molecule has 0 bridgehead atoms. The van der Waals surface area contributed by atoms with Crippen LogP contribution in [0.25, 0.3) is 22.3 Å². The Morgan fingerprint density at radius 2 is 1.79 bits per heavy atom. The van der Waals surface area contributed by atoms with Gasteiger partial charge < -0.3 is 4.98 Å². The minimum atomic E-state index is -0.212. The minimum absolute atomic E-state index is 0.212. The van der Waals surface area contributed by atoms with Crippen molar-refractivity contribution >= 4 is 11.8 Å². The minimum Gasteiger partial charge on any atom is -0.355 e. The maximum Gasteiger partial charge on any atom is 0.123 e. The zero-order valence-corrected chi connectivity index (χ0v) is 14.4. The van der Waals surface area contributed by atoms with Crippen molar-refractivity contribution in [2.75, 3.05) is 5.75 Å². The van der Waals surface area contributed by atoms with Crippen LogP contribution in [0.15, 0.2) is 60.0 Å². The summed E-state index contributed by atoms with van der Waals surface area (Å²) in [5.74, 6) is 0.907. The fourth-order valence-electron chi connectivity index (χ4n) is 2.78. The van der Waals surface area contributed by atoms with Gasteiger partial charge in [-0.25, -0.2) is 4.39 Å². The summed E-state index contributed by atoms with van der Waals surface area (Å²) in [5.41, 5.74) is 4.92. The molecular formula is C20H19FN2S. The quantitative estimate of drug-likeness (QED) is 0.598. The number of aromatic amines is 1. The average molecular weight is 338 g/mol. The Morgan fingerprint density at radius 3 is 2.46 bits per heavy atom. The summed E-state index contributed by atoms with van der Waals surface area (Å²) in [6.45, 7) is 2.34. The molecule has 2 nitrogen and oxygen atoms in total. The first-order valence-electron chi connectivity index (χ1n) is 8.15. The van der Waals surface area contributed by atoms with Gasteiger partial charge in [-0.2, -0.15) is 0 Å². The molecule has 24 heavy (non-hydrogen) atoms. The molecule has 1 aliphatic carbocycles. The highest BCUT2D eigenvalue weighted by Gasteiger charge is 2.37. The third-order valence-corrected chi connectivity index (χ3v) is 6.09. The molecular weight excluding hydrogens is 319 g/mol. The number of aromatic nitrogens is 2. The first-order chi connectivity index (χ1) is 11.6. The van der Waals surface area contributed by atoms with Crippen LogP contribution in [0, 0.1) is 11.2 Å². The first kappa shape index (κ1) is 15.5. The summed E-state index contributed by atoms with van der Waals surface area (Å²) in [4.78, 5) is 7.56.